The fraction of sp³-hybridized carbons (Fsp3) is 0.492. The number of ether oxygens (including phenoxy) is 5. The molecule has 18 nitrogen and oxygen atoms in total. The van der Waals surface area contributed by atoms with Crippen molar-refractivity contribution in [3.8, 4) is 5.75 Å². The lowest BCUT2D eigenvalue weighted by Gasteiger charge is -2.45. The molecule has 8 bridgehead atoms. The number of hydrogen-bond donors (Lipinski definition) is 1. The molecule has 0 aliphatic carbocycles. The van der Waals surface area contributed by atoms with Gasteiger partial charge in [-0.05, 0) is 68.1 Å². The lowest BCUT2D eigenvalue weighted by molar-refractivity contribution is -0.156. The Labute approximate surface area is 480 Å². The highest BCUT2D eigenvalue weighted by molar-refractivity contribution is 7.49. The fourth-order valence-corrected chi connectivity index (χ4v) is 13.8. The number of aryl methyl sites for hydroxylation is 2. The Morgan fingerprint density at radius 2 is 1.35 bits per heavy atom. The number of imide groups is 1. The first-order valence-electron chi connectivity index (χ1n) is 27.7. The third kappa shape index (κ3) is 13.8. The summed E-state index contributed by atoms with van der Waals surface area (Å²) in [4.78, 5) is 62.1. The quantitative estimate of drug-likeness (QED) is 0.0377. The minimum absolute atomic E-state index is 0.0390. The number of aliphatic hydroxyl groups excluding tert-OH is 1. The van der Waals surface area contributed by atoms with Crippen LogP contribution in [0.1, 0.15) is 59.4 Å². The van der Waals surface area contributed by atoms with Gasteiger partial charge < -0.3 is 33.3 Å². The minimum Gasteiger partial charge on any atom is -0.402 e. The molecule has 81 heavy (non-hydrogen) atoms. The number of halogens is 1. The number of carbonyl (C=O) groups is 2. The van der Waals surface area contributed by atoms with Crippen molar-refractivity contribution >= 4 is 47.5 Å². The number of phosphoric acid groups is 1. The number of benzene rings is 4. The molecule has 4 aromatic carbocycles. The van der Waals surface area contributed by atoms with E-state index in [9.17, 15) is 14.7 Å². The number of amides is 3. The normalized spacial score (nSPS) is 25.5. The Hall–Kier alpha value is -5.07. The van der Waals surface area contributed by atoms with E-state index in [1.807, 2.05) is 92.7 Å². The van der Waals surface area contributed by atoms with Crippen LogP contribution < -0.4 is 15.8 Å². The SMILES string of the molecule is Cc1ccc(C(OC[C@H]2O[C@@H]3C[C@@H]2OP(=O)(Oc2ccccc2Cl)OC[C@H]2O[C@H](C[C@@H]2O)n2cc(c(=O)n(COCC[Si](C)(C)C)c2=O)C[C@]2(C)CN3C(=O)N(COCC[Si](C)(C)C)C2=O)(c2ccccc2)c2ccc(C)cc2)cc1. The lowest BCUT2D eigenvalue weighted by Crippen LogP contribution is -2.64. The minimum atomic E-state index is -4.90. The summed E-state index contributed by atoms with van der Waals surface area (Å²) < 4.78 is 69.8. The maximum absolute atomic E-state index is 15.7. The van der Waals surface area contributed by atoms with Crippen molar-refractivity contribution < 1.29 is 56.5 Å². The molecule has 1 aromatic heterocycles. The Kier molecular flexibility index (Phi) is 18.4. The topological polar surface area (TPSA) is 196 Å². The Morgan fingerprint density at radius 3 is 1.96 bits per heavy atom. The van der Waals surface area contributed by atoms with Crippen LogP contribution in [0.4, 0.5) is 4.79 Å². The van der Waals surface area contributed by atoms with Crippen molar-refractivity contribution in [2.45, 2.75) is 141 Å². The van der Waals surface area contributed by atoms with Crippen molar-refractivity contribution in [1.29, 1.82) is 0 Å². The van der Waals surface area contributed by atoms with Crippen molar-refractivity contribution in [3.63, 3.8) is 0 Å². The maximum atomic E-state index is 15.7. The molecule has 436 valence electrons. The van der Waals surface area contributed by atoms with Crippen molar-refractivity contribution in [1.82, 2.24) is 18.9 Å². The molecule has 22 heteroatoms. The average Bonchev–Trinajstić information content (AvgIpc) is 3.83. The zero-order valence-corrected chi connectivity index (χ0v) is 51.4. The van der Waals surface area contributed by atoms with E-state index in [2.05, 4.69) is 39.3 Å². The highest BCUT2D eigenvalue weighted by atomic mass is 35.5. The molecule has 4 aliphatic rings. The molecule has 3 amide bonds. The van der Waals surface area contributed by atoms with E-state index in [0.29, 0.717) is 6.61 Å². The molecule has 4 aliphatic heterocycles. The molecule has 8 atom stereocenters. The summed E-state index contributed by atoms with van der Waals surface area (Å²) in [5, 5.41) is 11.8. The van der Waals surface area contributed by atoms with Crippen LogP contribution in [0.25, 0.3) is 0 Å². The molecule has 3 saturated heterocycles. The van der Waals surface area contributed by atoms with E-state index in [4.69, 9.17) is 48.9 Å². The van der Waals surface area contributed by atoms with E-state index in [0.717, 1.165) is 49.4 Å². The monoisotopic (exact) mass is 1190 g/mol. The van der Waals surface area contributed by atoms with Crippen LogP contribution >= 0.6 is 19.4 Å². The number of hydrogen-bond acceptors (Lipinski definition) is 14. The number of phosphoric ester groups is 1. The zero-order chi connectivity index (χ0) is 58.1. The van der Waals surface area contributed by atoms with Gasteiger partial charge in [0.15, 0.2) is 0 Å². The highest BCUT2D eigenvalue weighted by Crippen LogP contribution is 2.55. The van der Waals surface area contributed by atoms with Crippen molar-refractivity contribution in [3.05, 3.63) is 169 Å². The van der Waals surface area contributed by atoms with Gasteiger partial charge in [-0.15, -0.1) is 0 Å². The van der Waals surface area contributed by atoms with Gasteiger partial charge in [0.1, 0.15) is 55.6 Å². The van der Waals surface area contributed by atoms with Crippen LogP contribution in [0.3, 0.4) is 0 Å². The van der Waals surface area contributed by atoms with Crippen LogP contribution in [-0.2, 0) is 60.8 Å². The molecule has 1 unspecified atom stereocenters. The number of aromatic nitrogens is 2. The molecule has 0 radical (unpaired) electrons. The van der Waals surface area contributed by atoms with Gasteiger partial charge in [0.05, 0.1) is 29.8 Å². The van der Waals surface area contributed by atoms with Gasteiger partial charge in [-0.2, -0.15) is 0 Å². The Balaban J connectivity index is 1.17. The summed E-state index contributed by atoms with van der Waals surface area (Å²) in [6, 6.07) is 33.0. The third-order valence-electron chi connectivity index (χ3n) is 15.3. The van der Waals surface area contributed by atoms with Crippen LogP contribution in [0.5, 0.6) is 5.75 Å². The number of aliphatic hydroxyl groups is 1. The van der Waals surface area contributed by atoms with Gasteiger partial charge in [0.25, 0.3) is 5.56 Å². The van der Waals surface area contributed by atoms with E-state index in [1.54, 1.807) is 25.1 Å². The van der Waals surface area contributed by atoms with Crippen LogP contribution in [0, 0.1) is 19.3 Å². The standard InChI is InChI=1S/C59H76ClN4O14PSi2/c1-40-19-23-44(24-20-40)59(43-15-11-10-12-16-43,45-25-21-41(2)22-26-45)73-35-51-49-32-53(76-51)62-37-58(3,55(67)64(57(62)69)39-72-28-30-81(7,8)9)33-42-34-61(56(68)63(54(42)66)38-71-27-29-80(4,5)6)52-31-47(65)50(75-52)36-74-79(70,78-49)77-48-18-14-13-17-46(48)60/h10-26,34,47,49-53,65H,27-33,35-39H2,1-9H3/t47-,49-,50+,51+,52+,53+,58+,79?/m0/s1. The molecule has 0 spiro atoms. The first-order valence-corrected chi connectivity index (χ1v) is 36.9. The zero-order valence-electron chi connectivity index (χ0n) is 47.7. The third-order valence-corrected chi connectivity index (χ3v) is 20.5. The number of nitrogens with zero attached hydrogens (tertiary/aromatic N) is 4. The van der Waals surface area contributed by atoms with Crippen LogP contribution in [0.2, 0.25) is 56.4 Å². The van der Waals surface area contributed by atoms with E-state index < -0.39 is 115 Å². The number of carbonyl (C=O) groups excluding carboxylic acids is 2. The van der Waals surface area contributed by atoms with Gasteiger partial charge in [-0.1, -0.05) is 153 Å². The number of rotatable bonds is 18. The van der Waals surface area contributed by atoms with Gasteiger partial charge in [0, 0.05) is 60.5 Å². The van der Waals surface area contributed by atoms with E-state index in [-0.39, 0.29) is 55.4 Å². The number of para-hydroxylation sites is 1. The predicted molar refractivity (Wildman–Crippen MR) is 312 cm³/mol. The second kappa shape index (κ2) is 24.6. The summed E-state index contributed by atoms with van der Waals surface area (Å²) in [6.45, 7) is 17.5. The van der Waals surface area contributed by atoms with Gasteiger partial charge in [-0.25, -0.2) is 23.6 Å². The van der Waals surface area contributed by atoms with E-state index in [1.165, 1.54) is 21.7 Å². The fourth-order valence-electron chi connectivity index (χ4n) is 10.6. The highest BCUT2D eigenvalue weighted by Gasteiger charge is 2.55. The van der Waals surface area contributed by atoms with E-state index >= 15 is 14.2 Å². The smallest absolute Gasteiger partial charge is 0.402 e. The molecular formula is C59H76ClN4O14PSi2. The molecule has 0 saturated carbocycles. The van der Waals surface area contributed by atoms with Crippen molar-refractivity contribution in [2.75, 3.05) is 39.7 Å². The summed E-state index contributed by atoms with van der Waals surface area (Å²) in [7, 11) is -8.12. The molecule has 3 fully saturated rings. The summed E-state index contributed by atoms with van der Waals surface area (Å²) in [5.41, 5.74) is 0.216. The van der Waals surface area contributed by atoms with Crippen LogP contribution in [-0.4, -0.2) is 122 Å². The lowest BCUT2D eigenvalue weighted by atomic mass is 9.79. The maximum Gasteiger partial charge on any atom is 0.530 e. The van der Waals surface area contributed by atoms with Crippen LogP contribution in [0.15, 0.2) is 119 Å². The van der Waals surface area contributed by atoms with Gasteiger partial charge in [-0.3, -0.25) is 28.1 Å². The largest absolute Gasteiger partial charge is 0.530 e. The summed E-state index contributed by atoms with van der Waals surface area (Å²) in [5.74, 6) is -0.652. The second-order valence-corrected chi connectivity index (χ2v) is 37.6. The predicted octanol–water partition coefficient (Wildman–Crippen LogP) is 10.1. The summed E-state index contributed by atoms with van der Waals surface area (Å²) >= 11 is 6.66. The average molecular weight is 1190 g/mol. The first kappa shape index (κ1) is 60.5. The Bertz CT molecular complexity index is 3160. The number of urea groups is 1. The van der Waals surface area contributed by atoms with Gasteiger partial charge in [0.2, 0.25) is 5.91 Å². The molecule has 1 N–H and O–H groups in total. The number of fused-ring (bicyclic) bond motifs is 10. The summed E-state index contributed by atoms with van der Waals surface area (Å²) in [6.07, 6.45) is -6.43. The molecule has 5 heterocycles. The Morgan fingerprint density at radius 1 is 0.753 bits per heavy atom. The molecule has 5 aromatic rings. The molecular weight excluding hydrogens is 1110 g/mol. The first-order chi connectivity index (χ1) is 38.3. The van der Waals surface area contributed by atoms with Crippen molar-refractivity contribution in [2.24, 2.45) is 5.41 Å². The second-order valence-electron chi connectivity index (χ2n) is 24.5. The molecule has 9 rings (SSSR count). The van der Waals surface area contributed by atoms with Gasteiger partial charge >= 0.3 is 19.5 Å².